The molecule has 4 rings (SSSR count). The van der Waals surface area contributed by atoms with E-state index in [9.17, 15) is 9.59 Å². The van der Waals surface area contributed by atoms with Crippen molar-refractivity contribution in [1.82, 2.24) is 9.80 Å². The predicted octanol–water partition coefficient (Wildman–Crippen LogP) is 6.30. The van der Waals surface area contributed by atoms with E-state index < -0.39 is 11.2 Å². The molecule has 3 aliphatic rings. The fourth-order valence-electron chi connectivity index (χ4n) is 4.88. The topological polar surface area (TPSA) is 59.1 Å². The molecule has 0 radical (unpaired) electrons. The molecule has 3 fully saturated rings. The predicted molar refractivity (Wildman–Crippen MR) is 133 cm³/mol. The van der Waals surface area contributed by atoms with E-state index in [-0.39, 0.29) is 18.2 Å². The van der Waals surface area contributed by atoms with Gasteiger partial charge in [0.05, 0.1) is 0 Å². The van der Waals surface area contributed by atoms with Crippen LogP contribution in [0, 0.1) is 5.92 Å². The Morgan fingerprint density at radius 3 is 1.97 bits per heavy atom. The zero-order valence-corrected chi connectivity index (χ0v) is 21.8. The quantitative estimate of drug-likeness (QED) is 0.506. The monoisotopic (exact) mass is 470 g/mol. The molecule has 0 aromatic heterocycles. The molecule has 1 heterocycles. The third-order valence-electron chi connectivity index (χ3n) is 6.92. The first-order chi connectivity index (χ1) is 15.9. The second-order valence-electron chi connectivity index (χ2n) is 12.4. The number of piperidine rings is 1. The molecule has 1 aromatic rings. The van der Waals surface area contributed by atoms with Crippen LogP contribution in [0.15, 0.2) is 24.3 Å². The molecule has 1 aliphatic heterocycles. The molecule has 0 bridgehead atoms. The van der Waals surface area contributed by atoms with Crippen molar-refractivity contribution < 1.29 is 19.1 Å². The van der Waals surface area contributed by atoms with Crippen molar-refractivity contribution >= 4 is 12.2 Å². The number of benzene rings is 1. The van der Waals surface area contributed by atoms with Gasteiger partial charge in [0, 0.05) is 31.6 Å². The molecule has 1 aromatic carbocycles. The largest absolute Gasteiger partial charge is 0.444 e. The summed E-state index contributed by atoms with van der Waals surface area (Å²) in [5, 5.41) is 0. The molecule has 2 amide bonds. The second kappa shape index (κ2) is 9.43. The van der Waals surface area contributed by atoms with E-state index in [1.54, 1.807) is 4.90 Å². The molecule has 2 atom stereocenters. The Morgan fingerprint density at radius 1 is 0.882 bits per heavy atom. The van der Waals surface area contributed by atoms with Crippen molar-refractivity contribution in [1.29, 1.82) is 0 Å². The Hall–Kier alpha value is -2.24. The van der Waals surface area contributed by atoms with E-state index >= 15 is 0 Å². The lowest BCUT2D eigenvalue weighted by molar-refractivity contribution is 0.00849. The Balaban J connectivity index is 1.37. The van der Waals surface area contributed by atoms with Gasteiger partial charge >= 0.3 is 12.2 Å². The van der Waals surface area contributed by atoms with Crippen molar-refractivity contribution in [3.05, 3.63) is 35.4 Å². The molecular weight excluding hydrogens is 428 g/mol. The van der Waals surface area contributed by atoms with E-state index in [2.05, 4.69) is 24.3 Å². The minimum atomic E-state index is -0.522. The molecule has 0 N–H and O–H groups in total. The summed E-state index contributed by atoms with van der Waals surface area (Å²) in [6.45, 7) is 13.4. The van der Waals surface area contributed by atoms with Crippen molar-refractivity contribution in [2.24, 2.45) is 5.92 Å². The molecule has 188 valence electrons. The van der Waals surface area contributed by atoms with E-state index in [4.69, 9.17) is 9.47 Å². The van der Waals surface area contributed by atoms with Gasteiger partial charge in [0.2, 0.25) is 0 Å². The average Bonchev–Trinajstić information content (AvgIpc) is 3.64. The maximum absolute atomic E-state index is 13.2. The number of likely N-dealkylation sites (tertiary alicyclic amines) is 1. The lowest BCUT2D eigenvalue weighted by Crippen LogP contribution is -2.46. The summed E-state index contributed by atoms with van der Waals surface area (Å²) < 4.78 is 11.3. The summed E-state index contributed by atoms with van der Waals surface area (Å²) in [5.41, 5.74) is 1.76. The number of ether oxygens (including phenoxy) is 2. The van der Waals surface area contributed by atoms with E-state index in [1.807, 2.05) is 46.4 Å². The van der Waals surface area contributed by atoms with Crippen LogP contribution in [0.4, 0.5) is 9.59 Å². The molecule has 34 heavy (non-hydrogen) atoms. The van der Waals surface area contributed by atoms with Gasteiger partial charge in [-0.05, 0) is 96.6 Å². The number of rotatable bonds is 5. The average molecular weight is 471 g/mol. The summed E-state index contributed by atoms with van der Waals surface area (Å²) in [6.07, 6.45) is 4.88. The Morgan fingerprint density at radius 2 is 1.44 bits per heavy atom. The number of hydrogen-bond donors (Lipinski definition) is 0. The number of amides is 2. The Labute approximate surface area is 205 Å². The number of nitrogens with zero attached hydrogens (tertiary/aromatic N) is 2. The maximum atomic E-state index is 13.2. The molecule has 6 nitrogen and oxygen atoms in total. The van der Waals surface area contributed by atoms with E-state index in [0.717, 1.165) is 25.2 Å². The fraction of sp³-hybridized carbons (Fsp3) is 0.714. The van der Waals surface area contributed by atoms with Crippen LogP contribution in [-0.4, -0.2) is 58.9 Å². The minimum absolute atomic E-state index is 0.186. The van der Waals surface area contributed by atoms with Gasteiger partial charge < -0.3 is 19.3 Å². The van der Waals surface area contributed by atoms with Crippen LogP contribution in [0.1, 0.15) is 96.6 Å². The summed E-state index contributed by atoms with van der Waals surface area (Å²) in [7, 11) is 0. The summed E-state index contributed by atoms with van der Waals surface area (Å²) in [4.78, 5) is 29.4. The highest BCUT2D eigenvalue weighted by atomic mass is 16.6. The first-order valence-corrected chi connectivity index (χ1v) is 13.0. The van der Waals surface area contributed by atoms with E-state index in [0.29, 0.717) is 31.5 Å². The number of carbonyl (C=O) groups excluding carboxylic acids is 2. The highest BCUT2D eigenvalue weighted by molar-refractivity contribution is 5.70. The molecular formula is C28H42N2O4. The lowest BCUT2D eigenvalue weighted by Gasteiger charge is -2.36. The molecule has 2 saturated carbocycles. The van der Waals surface area contributed by atoms with Crippen LogP contribution in [0.3, 0.4) is 0 Å². The SMILES string of the molecule is CC(C)(C)OC(=O)N1CCC(CN(C(=O)OC(C)(C)C)[C@@H]2C[C@H]2c2ccc(C3CC3)cc2)CC1. The van der Waals surface area contributed by atoms with Gasteiger partial charge in [-0.3, -0.25) is 0 Å². The van der Waals surface area contributed by atoms with Gasteiger partial charge in [0.25, 0.3) is 0 Å². The summed E-state index contributed by atoms with van der Waals surface area (Å²) >= 11 is 0. The third-order valence-corrected chi connectivity index (χ3v) is 6.92. The van der Waals surface area contributed by atoms with Crippen LogP contribution < -0.4 is 0 Å². The Kier molecular flexibility index (Phi) is 6.90. The van der Waals surface area contributed by atoms with Gasteiger partial charge in [-0.25, -0.2) is 9.59 Å². The van der Waals surface area contributed by atoms with Crippen molar-refractivity contribution in [3.63, 3.8) is 0 Å². The van der Waals surface area contributed by atoms with Gasteiger partial charge in [0.15, 0.2) is 0 Å². The zero-order valence-electron chi connectivity index (χ0n) is 21.8. The van der Waals surface area contributed by atoms with Gasteiger partial charge in [-0.15, -0.1) is 0 Å². The molecule has 0 unspecified atom stereocenters. The first-order valence-electron chi connectivity index (χ1n) is 13.0. The van der Waals surface area contributed by atoms with Crippen LogP contribution in [0.25, 0.3) is 0 Å². The highest BCUT2D eigenvalue weighted by Crippen LogP contribution is 2.47. The van der Waals surface area contributed by atoms with Gasteiger partial charge in [-0.2, -0.15) is 0 Å². The molecule has 6 heteroatoms. The summed E-state index contributed by atoms with van der Waals surface area (Å²) in [5.74, 6) is 1.49. The molecule has 1 saturated heterocycles. The third kappa shape index (κ3) is 6.67. The lowest BCUT2D eigenvalue weighted by atomic mass is 9.96. The zero-order chi connectivity index (χ0) is 24.7. The van der Waals surface area contributed by atoms with Crippen LogP contribution in [0.2, 0.25) is 0 Å². The normalized spacial score (nSPS) is 23.4. The standard InChI is InChI=1S/C28H42N2O4/c1-27(2,3)33-25(31)29-15-13-19(14-16-29)18-30(26(32)34-28(4,5)6)24-17-23(24)22-11-9-21(10-12-22)20-7-8-20/h9-12,19-20,23-24H,7-8,13-18H2,1-6H3/t23-,24+/m0/s1. The number of hydrogen-bond acceptors (Lipinski definition) is 4. The highest BCUT2D eigenvalue weighted by Gasteiger charge is 2.47. The molecule has 2 aliphatic carbocycles. The van der Waals surface area contributed by atoms with Gasteiger partial charge in [-0.1, -0.05) is 24.3 Å². The smallest absolute Gasteiger partial charge is 0.410 e. The van der Waals surface area contributed by atoms with Crippen molar-refractivity contribution in [2.45, 2.75) is 103 Å². The Bertz CT molecular complexity index is 871. The van der Waals surface area contributed by atoms with Crippen LogP contribution >= 0.6 is 0 Å². The number of carbonyl (C=O) groups is 2. The van der Waals surface area contributed by atoms with Crippen LogP contribution in [0.5, 0.6) is 0 Å². The first kappa shape index (κ1) is 24.9. The molecule has 0 spiro atoms. The summed E-state index contributed by atoms with van der Waals surface area (Å²) in [6, 6.07) is 9.24. The minimum Gasteiger partial charge on any atom is -0.444 e. The van der Waals surface area contributed by atoms with E-state index in [1.165, 1.54) is 24.0 Å². The fourth-order valence-corrected chi connectivity index (χ4v) is 4.88. The van der Waals surface area contributed by atoms with Gasteiger partial charge in [0.1, 0.15) is 11.2 Å². The maximum Gasteiger partial charge on any atom is 0.410 e. The van der Waals surface area contributed by atoms with Crippen LogP contribution in [-0.2, 0) is 9.47 Å². The van der Waals surface area contributed by atoms with Crippen molar-refractivity contribution in [2.75, 3.05) is 19.6 Å². The van der Waals surface area contributed by atoms with Crippen molar-refractivity contribution in [3.8, 4) is 0 Å². The second-order valence-corrected chi connectivity index (χ2v) is 12.4.